The number of hydrogen-bond donors (Lipinski definition) is 0. The van der Waals surface area contributed by atoms with Crippen molar-refractivity contribution in [1.82, 2.24) is 0 Å². The Balaban J connectivity index is 2.57. The molecule has 0 aromatic heterocycles. The van der Waals surface area contributed by atoms with E-state index in [4.69, 9.17) is 0 Å². The Bertz CT molecular complexity index is 203. The number of aldehydes is 3. The van der Waals surface area contributed by atoms with E-state index < -0.39 is 0 Å². The first-order valence-corrected chi connectivity index (χ1v) is 5.09. The van der Waals surface area contributed by atoms with Gasteiger partial charge in [0.2, 0.25) is 0 Å². The van der Waals surface area contributed by atoms with Gasteiger partial charge in [-0.1, -0.05) is 0 Å². The van der Waals surface area contributed by atoms with Gasteiger partial charge in [0.1, 0.15) is 18.9 Å². The quantitative estimate of drug-likeness (QED) is 0.627. The predicted octanol–water partition coefficient (Wildman–Crippen LogP) is 1.54. The van der Waals surface area contributed by atoms with Crippen molar-refractivity contribution < 1.29 is 14.4 Å². The van der Waals surface area contributed by atoms with Crippen molar-refractivity contribution in [2.75, 3.05) is 0 Å². The first-order chi connectivity index (χ1) is 6.76. The maximum atomic E-state index is 10.5. The van der Waals surface area contributed by atoms with Crippen molar-refractivity contribution in [3.05, 3.63) is 0 Å². The minimum Gasteiger partial charge on any atom is -0.303 e. The highest BCUT2D eigenvalue weighted by molar-refractivity contribution is 5.57. The monoisotopic (exact) mass is 196 g/mol. The number of hydrogen-bond acceptors (Lipinski definition) is 3. The molecule has 1 aliphatic rings. The van der Waals surface area contributed by atoms with Gasteiger partial charge in [-0.05, 0) is 31.1 Å². The Morgan fingerprint density at radius 1 is 1.00 bits per heavy atom. The average molecular weight is 196 g/mol. The van der Waals surface area contributed by atoms with E-state index in [1.54, 1.807) is 0 Å². The van der Waals surface area contributed by atoms with Gasteiger partial charge in [-0.15, -0.1) is 0 Å². The fourth-order valence-corrected chi connectivity index (χ4v) is 2.23. The molecule has 0 saturated heterocycles. The van der Waals surface area contributed by atoms with Crippen LogP contribution in [0.15, 0.2) is 0 Å². The van der Waals surface area contributed by atoms with Crippen LogP contribution < -0.4 is 0 Å². The highest BCUT2D eigenvalue weighted by Gasteiger charge is 2.34. The molecule has 14 heavy (non-hydrogen) atoms. The van der Waals surface area contributed by atoms with E-state index in [0.29, 0.717) is 12.8 Å². The van der Waals surface area contributed by atoms with Crippen LogP contribution in [0.5, 0.6) is 0 Å². The molecule has 3 heteroatoms. The molecular formula is C11H16O3. The number of carbonyl (C=O) groups excluding carboxylic acids is 3. The predicted molar refractivity (Wildman–Crippen MR) is 51.8 cm³/mol. The van der Waals surface area contributed by atoms with Gasteiger partial charge in [-0.25, -0.2) is 0 Å². The fourth-order valence-electron chi connectivity index (χ4n) is 2.23. The molecule has 0 aromatic carbocycles. The van der Waals surface area contributed by atoms with Crippen molar-refractivity contribution in [3.63, 3.8) is 0 Å². The van der Waals surface area contributed by atoms with E-state index in [1.165, 1.54) is 0 Å². The van der Waals surface area contributed by atoms with E-state index in [2.05, 4.69) is 0 Å². The molecule has 78 valence electrons. The van der Waals surface area contributed by atoms with Crippen LogP contribution in [0.2, 0.25) is 0 Å². The van der Waals surface area contributed by atoms with Gasteiger partial charge in [0.25, 0.3) is 0 Å². The molecule has 0 radical (unpaired) electrons. The highest BCUT2D eigenvalue weighted by atomic mass is 16.1. The lowest BCUT2D eigenvalue weighted by Crippen LogP contribution is -2.29. The van der Waals surface area contributed by atoms with Crippen molar-refractivity contribution in [2.24, 2.45) is 11.3 Å². The Kier molecular flexibility index (Phi) is 3.98. The maximum absolute atomic E-state index is 10.5. The second-order valence-electron chi connectivity index (χ2n) is 4.22. The van der Waals surface area contributed by atoms with Crippen molar-refractivity contribution in [2.45, 2.75) is 38.5 Å². The van der Waals surface area contributed by atoms with E-state index in [1.807, 2.05) is 0 Å². The Labute approximate surface area is 83.9 Å². The van der Waals surface area contributed by atoms with Gasteiger partial charge < -0.3 is 14.4 Å². The summed E-state index contributed by atoms with van der Waals surface area (Å²) in [6, 6.07) is 0. The van der Waals surface area contributed by atoms with Crippen molar-refractivity contribution in [1.29, 1.82) is 0 Å². The van der Waals surface area contributed by atoms with Crippen LogP contribution >= 0.6 is 0 Å². The third-order valence-electron chi connectivity index (χ3n) is 3.32. The summed E-state index contributed by atoms with van der Waals surface area (Å²) in [5.41, 5.74) is -0.136. The van der Waals surface area contributed by atoms with Gasteiger partial charge in [-0.2, -0.15) is 0 Å². The number of rotatable bonds is 5. The van der Waals surface area contributed by atoms with E-state index in [0.717, 1.165) is 44.5 Å². The molecule has 0 atom stereocenters. The lowest BCUT2D eigenvalue weighted by Gasteiger charge is -2.36. The van der Waals surface area contributed by atoms with Gasteiger partial charge in [0.15, 0.2) is 0 Å². The van der Waals surface area contributed by atoms with Gasteiger partial charge >= 0.3 is 0 Å². The Hall–Kier alpha value is -0.990. The molecule has 0 amide bonds. The molecule has 0 aromatic rings. The van der Waals surface area contributed by atoms with E-state index >= 15 is 0 Å². The third kappa shape index (κ3) is 2.50. The summed E-state index contributed by atoms with van der Waals surface area (Å²) in [4.78, 5) is 31.6. The molecule has 0 N–H and O–H groups in total. The zero-order valence-corrected chi connectivity index (χ0v) is 8.28. The molecule has 0 unspecified atom stereocenters. The topological polar surface area (TPSA) is 51.2 Å². The molecule has 0 aliphatic heterocycles. The summed E-state index contributed by atoms with van der Waals surface area (Å²) >= 11 is 0. The second kappa shape index (κ2) is 5.03. The van der Waals surface area contributed by atoms with Crippen LogP contribution in [-0.4, -0.2) is 18.9 Å². The summed E-state index contributed by atoms with van der Waals surface area (Å²) in [7, 11) is 0. The summed E-state index contributed by atoms with van der Waals surface area (Å²) in [6.07, 6.45) is 6.99. The van der Waals surface area contributed by atoms with Crippen molar-refractivity contribution in [3.8, 4) is 0 Å². The Morgan fingerprint density at radius 3 is 1.86 bits per heavy atom. The minimum absolute atomic E-state index is 0.136. The summed E-state index contributed by atoms with van der Waals surface area (Å²) in [6.45, 7) is 0. The first-order valence-electron chi connectivity index (χ1n) is 5.09. The first kappa shape index (κ1) is 11.1. The van der Waals surface area contributed by atoms with E-state index in [9.17, 15) is 14.4 Å². The largest absolute Gasteiger partial charge is 0.303 e. The molecule has 1 saturated carbocycles. The van der Waals surface area contributed by atoms with Crippen LogP contribution in [0, 0.1) is 11.3 Å². The molecular weight excluding hydrogens is 180 g/mol. The SMILES string of the molecule is O=CCC1(CC=O)CCC(C=O)CC1. The average Bonchev–Trinajstić information content (AvgIpc) is 2.20. The zero-order valence-electron chi connectivity index (χ0n) is 8.28. The van der Waals surface area contributed by atoms with Gasteiger partial charge in [0.05, 0.1) is 0 Å². The Morgan fingerprint density at radius 2 is 1.50 bits per heavy atom. The van der Waals surface area contributed by atoms with Crippen LogP contribution in [0.1, 0.15) is 38.5 Å². The minimum atomic E-state index is -0.136. The molecule has 0 bridgehead atoms. The second-order valence-corrected chi connectivity index (χ2v) is 4.22. The molecule has 1 fully saturated rings. The molecule has 1 rings (SSSR count). The standard InChI is InChI=1S/C11H16O3/c12-7-5-11(6-8-13)3-1-10(9-14)2-4-11/h7-10H,1-6H2. The normalized spacial score (nSPS) is 21.4. The molecule has 1 aliphatic carbocycles. The molecule has 0 heterocycles. The lowest BCUT2D eigenvalue weighted by molar-refractivity contribution is -0.115. The number of carbonyl (C=O) groups is 3. The van der Waals surface area contributed by atoms with Crippen LogP contribution in [0.3, 0.4) is 0 Å². The van der Waals surface area contributed by atoms with Crippen molar-refractivity contribution >= 4 is 18.9 Å². The zero-order chi connectivity index (χ0) is 10.4. The summed E-state index contributed by atoms with van der Waals surface area (Å²) in [5, 5.41) is 0. The van der Waals surface area contributed by atoms with Crippen LogP contribution in [0.25, 0.3) is 0 Å². The van der Waals surface area contributed by atoms with Crippen LogP contribution in [0.4, 0.5) is 0 Å². The third-order valence-corrected chi connectivity index (χ3v) is 3.32. The lowest BCUT2D eigenvalue weighted by atomic mass is 9.67. The van der Waals surface area contributed by atoms with E-state index in [-0.39, 0.29) is 11.3 Å². The fraction of sp³-hybridized carbons (Fsp3) is 0.727. The van der Waals surface area contributed by atoms with Gasteiger partial charge in [-0.3, -0.25) is 0 Å². The van der Waals surface area contributed by atoms with Gasteiger partial charge in [0, 0.05) is 18.8 Å². The molecule has 0 spiro atoms. The smallest absolute Gasteiger partial charge is 0.123 e. The maximum Gasteiger partial charge on any atom is 0.123 e. The summed E-state index contributed by atoms with van der Waals surface area (Å²) in [5.74, 6) is 0.140. The van der Waals surface area contributed by atoms with Crippen LogP contribution in [-0.2, 0) is 14.4 Å². The highest BCUT2D eigenvalue weighted by Crippen LogP contribution is 2.42. The summed E-state index contributed by atoms with van der Waals surface area (Å²) < 4.78 is 0. The molecule has 3 nitrogen and oxygen atoms in total.